The van der Waals surface area contributed by atoms with Gasteiger partial charge < -0.3 is 10.2 Å². The fourth-order valence-electron chi connectivity index (χ4n) is 2.69. The van der Waals surface area contributed by atoms with Crippen molar-refractivity contribution in [2.45, 2.75) is 38.9 Å². The van der Waals surface area contributed by atoms with Crippen LogP contribution in [0.15, 0.2) is 18.3 Å². The lowest BCUT2D eigenvalue weighted by atomic mass is 9.97. The molecule has 1 saturated heterocycles. The number of hydrogen-bond donors (Lipinski definition) is 1. The summed E-state index contributed by atoms with van der Waals surface area (Å²) < 4.78 is 38.8. The van der Waals surface area contributed by atoms with Gasteiger partial charge in [0.25, 0.3) is 0 Å². The summed E-state index contributed by atoms with van der Waals surface area (Å²) in [7, 11) is 0. The third kappa shape index (κ3) is 4.33. The molecule has 0 amide bonds. The Balaban J connectivity index is 2.10. The Morgan fingerprint density at radius 3 is 2.95 bits per heavy atom. The number of rotatable bonds is 5. The molecule has 1 N–H and O–H groups in total. The number of nitrogens with one attached hydrogen (secondary N) is 1. The molecule has 1 aromatic heterocycles. The molecule has 0 aliphatic carbocycles. The second kappa shape index (κ2) is 7.11. The summed E-state index contributed by atoms with van der Waals surface area (Å²) >= 11 is 0. The van der Waals surface area contributed by atoms with Crippen molar-refractivity contribution in [1.82, 2.24) is 10.3 Å². The SMILES string of the molecule is CCCNCc1cccnc1N1CCCC(C(F)(F)F)C1. The lowest BCUT2D eigenvalue weighted by Crippen LogP contribution is -2.42. The Labute approximate surface area is 123 Å². The molecule has 1 aliphatic heterocycles. The van der Waals surface area contributed by atoms with Gasteiger partial charge in [0.15, 0.2) is 0 Å². The van der Waals surface area contributed by atoms with Gasteiger partial charge in [0, 0.05) is 31.4 Å². The molecule has 1 unspecified atom stereocenters. The summed E-state index contributed by atoms with van der Waals surface area (Å²) in [6.45, 7) is 4.27. The van der Waals surface area contributed by atoms with Crippen LogP contribution in [-0.4, -0.2) is 30.8 Å². The topological polar surface area (TPSA) is 28.2 Å². The van der Waals surface area contributed by atoms with Crippen LogP contribution in [-0.2, 0) is 6.54 Å². The van der Waals surface area contributed by atoms with E-state index in [-0.39, 0.29) is 13.0 Å². The number of anilines is 1. The Morgan fingerprint density at radius 1 is 1.43 bits per heavy atom. The highest BCUT2D eigenvalue weighted by atomic mass is 19.4. The molecular weight excluding hydrogens is 279 g/mol. The van der Waals surface area contributed by atoms with Crippen LogP contribution in [0.3, 0.4) is 0 Å². The molecule has 0 radical (unpaired) electrons. The Bertz CT molecular complexity index is 448. The first-order chi connectivity index (χ1) is 10.0. The van der Waals surface area contributed by atoms with Crippen LogP contribution in [0.5, 0.6) is 0 Å². The van der Waals surface area contributed by atoms with E-state index in [1.165, 1.54) is 0 Å². The zero-order chi connectivity index (χ0) is 15.3. The zero-order valence-corrected chi connectivity index (χ0v) is 12.3. The fraction of sp³-hybridized carbons (Fsp3) is 0.667. The van der Waals surface area contributed by atoms with E-state index < -0.39 is 12.1 Å². The number of aromatic nitrogens is 1. The molecule has 1 aromatic rings. The van der Waals surface area contributed by atoms with Crippen molar-refractivity contribution in [3.05, 3.63) is 23.9 Å². The van der Waals surface area contributed by atoms with Crippen LogP contribution in [0.4, 0.5) is 19.0 Å². The van der Waals surface area contributed by atoms with Gasteiger partial charge in [-0.25, -0.2) is 4.98 Å². The summed E-state index contributed by atoms with van der Waals surface area (Å²) in [5.41, 5.74) is 0.966. The van der Waals surface area contributed by atoms with Crippen LogP contribution >= 0.6 is 0 Å². The first-order valence-electron chi connectivity index (χ1n) is 7.48. The van der Waals surface area contributed by atoms with Crippen molar-refractivity contribution in [1.29, 1.82) is 0 Å². The molecule has 21 heavy (non-hydrogen) atoms. The van der Waals surface area contributed by atoms with Gasteiger partial charge in [0.1, 0.15) is 5.82 Å². The van der Waals surface area contributed by atoms with E-state index in [2.05, 4.69) is 17.2 Å². The predicted molar refractivity (Wildman–Crippen MR) is 77.2 cm³/mol. The summed E-state index contributed by atoms with van der Waals surface area (Å²) in [5, 5.41) is 3.28. The molecule has 2 rings (SSSR count). The van der Waals surface area contributed by atoms with Crippen molar-refractivity contribution in [2.75, 3.05) is 24.5 Å². The first kappa shape index (κ1) is 16.1. The monoisotopic (exact) mass is 301 g/mol. The van der Waals surface area contributed by atoms with Crippen LogP contribution < -0.4 is 10.2 Å². The van der Waals surface area contributed by atoms with Gasteiger partial charge in [-0.05, 0) is 31.9 Å². The largest absolute Gasteiger partial charge is 0.393 e. The van der Waals surface area contributed by atoms with Gasteiger partial charge in [0.05, 0.1) is 5.92 Å². The lowest BCUT2D eigenvalue weighted by Gasteiger charge is -2.35. The third-order valence-electron chi connectivity index (χ3n) is 3.79. The minimum absolute atomic E-state index is 0.0152. The molecule has 0 bridgehead atoms. The normalized spacial score (nSPS) is 19.8. The minimum Gasteiger partial charge on any atom is -0.356 e. The number of nitrogens with zero attached hydrogens (tertiary/aromatic N) is 2. The standard InChI is InChI=1S/C15H22F3N3/c1-2-7-19-10-12-5-3-8-20-14(12)21-9-4-6-13(11-21)15(16,17)18/h3,5,8,13,19H,2,4,6-7,9-11H2,1H3. The van der Waals surface area contributed by atoms with Crippen molar-refractivity contribution >= 4 is 5.82 Å². The van der Waals surface area contributed by atoms with E-state index in [1.807, 2.05) is 12.1 Å². The number of alkyl halides is 3. The van der Waals surface area contributed by atoms with Crippen LogP contribution in [0, 0.1) is 5.92 Å². The van der Waals surface area contributed by atoms with E-state index in [1.54, 1.807) is 11.1 Å². The molecule has 6 heteroatoms. The number of hydrogen-bond acceptors (Lipinski definition) is 3. The van der Waals surface area contributed by atoms with Crippen LogP contribution in [0.25, 0.3) is 0 Å². The summed E-state index contributed by atoms with van der Waals surface area (Å²) in [4.78, 5) is 6.10. The summed E-state index contributed by atoms with van der Waals surface area (Å²) in [6.07, 6.45) is -0.668. The molecule has 0 saturated carbocycles. The minimum atomic E-state index is -4.12. The first-order valence-corrected chi connectivity index (χ1v) is 7.48. The molecule has 0 spiro atoms. The smallest absolute Gasteiger partial charge is 0.356 e. The average molecular weight is 301 g/mol. The molecule has 118 valence electrons. The fourth-order valence-corrected chi connectivity index (χ4v) is 2.69. The van der Waals surface area contributed by atoms with Crippen molar-refractivity contribution in [3.8, 4) is 0 Å². The predicted octanol–water partition coefficient (Wildman–Crippen LogP) is 3.36. The van der Waals surface area contributed by atoms with Crippen molar-refractivity contribution < 1.29 is 13.2 Å². The number of halogens is 3. The lowest BCUT2D eigenvalue weighted by molar-refractivity contribution is -0.176. The van der Waals surface area contributed by atoms with E-state index in [0.717, 1.165) is 18.5 Å². The maximum atomic E-state index is 12.9. The average Bonchev–Trinajstić information content (AvgIpc) is 2.47. The number of piperidine rings is 1. The quantitative estimate of drug-likeness (QED) is 0.845. The van der Waals surface area contributed by atoms with E-state index in [0.29, 0.717) is 25.3 Å². The molecule has 1 aliphatic rings. The molecule has 1 fully saturated rings. The maximum absolute atomic E-state index is 12.9. The van der Waals surface area contributed by atoms with Gasteiger partial charge in [-0.15, -0.1) is 0 Å². The molecule has 2 heterocycles. The maximum Gasteiger partial charge on any atom is 0.393 e. The molecule has 1 atom stereocenters. The van der Waals surface area contributed by atoms with Crippen LogP contribution in [0.2, 0.25) is 0 Å². The highest BCUT2D eigenvalue weighted by Crippen LogP contribution is 2.34. The van der Waals surface area contributed by atoms with Crippen LogP contribution in [0.1, 0.15) is 31.7 Å². The second-order valence-electron chi connectivity index (χ2n) is 5.49. The van der Waals surface area contributed by atoms with Gasteiger partial charge >= 0.3 is 6.18 Å². The van der Waals surface area contributed by atoms with Gasteiger partial charge in [-0.2, -0.15) is 13.2 Å². The molecular formula is C15H22F3N3. The Kier molecular flexibility index (Phi) is 5.45. The van der Waals surface area contributed by atoms with E-state index >= 15 is 0 Å². The second-order valence-corrected chi connectivity index (χ2v) is 5.49. The van der Waals surface area contributed by atoms with Crippen molar-refractivity contribution in [3.63, 3.8) is 0 Å². The number of pyridine rings is 1. The van der Waals surface area contributed by atoms with Gasteiger partial charge in [-0.3, -0.25) is 0 Å². The van der Waals surface area contributed by atoms with E-state index in [4.69, 9.17) is 0 Å². The third-order valence-corrected chi connectivity index (χ3v) is 3.79. The Hall–Kier alpha value is -1.30. The highest BCUT2D eigenvalue weighted by molar-refractivity contribution is 5.47. The highest BCUT2D eigenvalue weighted by Gasteiger charge is 2.42. The van der Waals surface area contributed by atoms with Crippen molar-refractivity contribution in [2.24, 2.45) is 5.92 Å². The molecule has 3 nitrogen and oxygen atoms in total. The zero-order valence-electron chi connectivity index (χ0n) is 12.3. The Morgan fingerprint density at radius 2 is 2.24 bits per heavy atom. The summed E-state index contributed by atoms with van der Waals surface area (Å²) in [5.74, 6) is -0.556. The van der Waals surface area contributed by atoms with Gasteiger partial charge in [0.2, 0.25) is 0 Å². The molecule has 0 aromatic carbocycles. The van der Waals surface area contributed by atoms with E-state index in [9.17, 15) is 13.2 Å². The summed E-state index contributed by atoms with van der Waals surface area (Å²) in [6, 6.07) is 3.76. The van der Waals surface area contributed by atoms with Gasteiger partial charge in [-0.1, -0.05) is 13.0 Å².